The summed E-state index contributed by atoms with van der Waals surface area (Å²) >= 11 is 0.358. The Kier molecular flexibility index (Phi) is 3.68. The Labute approximate surface area is 93.1 Å². The summed E-state index contributed by atoms with van der Waals surface area (Å²) in [6, 6.07) is -0.668. The number of hydrogen-bond acceptors (Lipinski definition) is 5. The van der Waals surface area contributed by atoms with Crippen LogP contribution in [0, 0.1) is 0 Å². The van der Waals surface area contributed by atoms with E-state index in [2.05, 4.69) is 20.8 Å². The smallest absolute Gasteiger partial charge is 0.357 e. The number of rotatable bonds is 3. The number of aromatic nitrogens is 2. The summed E-state index contributed by atoms with van der Waals surface area (Å²) in [6.07, 6.45) is -4.51. The van der Waals surface area contributed by atoms with Gasteiger partial charge < -0.3 is 10.6 Å². The number of carbonyl (C=O) groups is 1. The van der Waals surface area contributed by atoms with Crippen molar-refractivity contribution >= 4 is 22.4 Å². The minimum absolute atomic E-state index is 0.0385. The van der Waals surface area contributed by atoms with Crippen LogP contribution in [-0.2, 0) is 11.0 Å². The number of nitrogens with zero attached hydrogens (tertiary/aromatic N) is 2. The molecule has 0 aliphatic rings. The van der Waals surface area contributed by atoms with Gasteiger partial charge in [0.1, 0.15) is 6.04 Å². The minimum atomic E-state index is -4.51. The van der Waals surface area contributed by atoms with E-state index in [4.69, 9.17) is 0 Å². The number of alkyl halides is 3. The average Bonchev–Trinajstić information content (AvgIpc) is 2.64. The van der Waals surface area contributed by atoms with E-state index in [1.807, 2.05) is 0 Å². The third-order valence-electron chi connectivity index (χ3n) is 1.65. The highest BCUT2D eigenvalue weighted by atomic mass is 32.1. The van der Waals surface area contributed by atoms with E-state index in [9.17, 15) is 18.0 Å². The Hall–Kier alpha value is -1.38. The molecule has 90 valence electrons. The normalized spacial score (nSPS) is 13.3. The van der Waals surface area contributed by atoms with Crippen molar-refractivity contribution in [3.63, 3.8) is 0 Å². The lowest BCUT2D eigenvalue weighted by Gasteiger charge is -2.09. The van der Waals surface area contributed by atoms with Crippen molar-refractivity contribution in [2.45, 2.75) is 19.1 Å². The Balaban J connectivity index is 2.69. The monoisotopic (exact) mass is 254 g/mol. The first-order chi connectivity index (χ1) is 7.34. The highest BCUT2D eigenvalue weighted by Gasteiger charge is 2.35. The van der Waals surface area contributed by atoms with Crippen molar-refractivity contribution in [2.75, 3.05) is 12.4 Å². The molecular formula is C7H9F3N4OS. The average molecular weight is 254 g/mol. The zero-order valence-corrected chi connectivity index (χ0v) is 9.24. The van der Waals surface area contributed by atoms with Gasteiger partial charge in [-0.3, -0.25) is 4.79 Å². The van der Waals surface area contributed by atoms with Crippen LogP contribution in [0.4, 0.5) is 18.3 Å². The van der Waals surface area contributed by atoms with Crippen LogP contribution in [0.25, 0.3) is 0 Å². The molecule has 0 saturated carbocycles. The summed E-state index contributed by atoms with van der Waals surface area (Å²) in [5.41, 5.74) is 0. The molecule has 1 atom stereocenters. The molecule has 9 heteroatoms. The second-order valence-electron chi connectivity index (χ2n) is 2.89. The van der Waals surface area contributed by atoms with Crippen LogP contribution in [0.5, 0.6) is 0 Å². The number of anilines is 1. The van der Waals surface area contributed by atoms with Gasteiger partial charge in [0, 0.05) is 7.05 Å². The molecular weight excluding hydrogens is 245 g/mol. The van der Waals surface area contributed by atoms with E-state index in [0.29, 0.717) is 11.3 Å². The molecule has 1 unspecified atom stereocenters. The molecule has 0 saturated heterocycles. The summed E-state index contributed by atoms with van der Waals surface area (Å²) in [4.78, 5) is 11.1. The lowest BCUT2D eigenvalue weighted by molar-refractivity contribution is -0.138. The zero-order valence-electron chi connectivity index (χ0n) is 8.42. The number of hydrogen-bond donors (Lipinski definition) is 2. The van der Waals surface area contributed by atoms with Crippen molar-refractivity contribution in [1.29, 1.82) is 0 Å². The van der Waals surface area contributed by atoms with Crippen LogP contribution in [0.15, 0.2) is 0 Å². The van der Waals surface area contributed by atoms with Gasteiger partial charge in [0.2, 0.25) is 16.0 Å². The maximum atomic E-state index is 12.2. The zero-order chi connectivity index (χ0) is 12.3. The molecule has 1 aromatic heterocycles. The summed E-state index contributed by atoms with van der Waals surface area (Å²) in [5.74, 6) is -0.344. The number of amides is 1. The van der Waals surface area contributed by atoms with Crippen LogP contribution in [0.3, 0.4) is 0 Å². The third-order valence-corrected chi connectivity index (χ3v) is 2.55. The van der Waals surface area contributed by atoms with E-state index in [1.54, 1.807) is 0 Å². The summed E-state index contributed by atoms with van der Waals surface area (Å²) in [7, 11) is 1.43. The fourth-order valence-corrected chi connectivity index (χ4v) is 1.56. The second kappa shape index (κ2) is 4.64. The van der Waals surface area contributed by atoms with Crippen molar-refractivity contribution < 1.29 is 18.0 Å². The molecule has 5 nitrogen and oxygen atoms in total. The van der Waals surface area contributed by atoms with Gasteiger partial charge in [-0.15, -0.1) is 10.2 Å². The summed E-state index contributed by atoms with van der Waals surface area (Å²) < 4.78 is 36.5. The van der Waals surface area contributed by atoms with Crippen LogP contribution in [0.1, 0.15) is 11.9 Å². The minimum Gasteiger partial charge on any atom is -0.357 e. The molecule has 1 aromatic rings. The van der Waals surface area contributed by atoms with E-state index >= 15 is 0 Å². The fraction of sp³-hybridized carbons (Fsp3) is 0.571. The second-order valence-corrected chi connectivity index (χ2v) is 3.87. The van der Waals surface area contributed by atoms with Gasteiger partial charge in [-0.05, 0) is 6.92 Å². The predicted octanol–water partition coefficient (Wildman–Crippen LogP) is 1.10. The Morgan fingerprint density at radius 1 is 1.44 bits per heavy atom. The Bertz CT molecular complexity index is 378. The van der Waals surface area contributed by atoms with Gasteiger partial charge in [0.05, 0.1) is 0 Å². The largest absolute Gasteiger partial charge is 0.445 e. The molecule has 1 amide bonds. The SMILES string of the molecule is CNC(=O)C(C)Nc1nnc(C(F)(F)F)s1. The molecule has 0 bridgehead atoms. The standard InChI is InChI=1S/C7H9F3N4OS/c1-3(4(15)11-2)12-6-14-13-5(16-6)7(8,9)10/h3H,1-2H3,(H,11,15)(H,12,14). The van der Waals surface area contributed by atoms with Crippen molar-refractivity contribution in [3.05, 3.63) is 5.01 Å². The lowest BCUT2D eigenvalue weighted by Crippen LogP contribution is -2.35. The predicted molar refractivity (Wildman–Crippen MR) is 52.1 cm³/mol. The van der Waals surface area contributed by atoms with Gasteiger partial charge in [0.15, 0.2) is 0 Å². The Morgan fingerprint density at radius 2 is 2.06 bits per heavy atom. The van der Waals surface area contributed by atoms with Crippen molar-refractivity contribution in [2.24, 2.45) is 0 Å². The maximum Gasteiger partial charge on any atom is 0.445 e. The highest BCUT2D eigenvalue weighted by molar-refractivity contribution is 7.15. The van der Waals surface area contributed by atoms with Gasteiger partial charge in [-0.2, -0.15) is 13.2 Å². The van der Waals surface area contributed by atoms with E-state index in [1.165, 1.54) is 14.0 Å². The summed E-state index contributed by atoms with van der Waals surface area (Å²) in [6.45, 7) is 1.51. The van der Waals surface area contributed by atoms with Crippen molar-refractivity contribution in [3.8, 4) is 0 Å². The molecule has 16 heavy (non-hydrogen) atoms. The summed E-state index contributed by atoms with van der Waals surface area (Å²) in [5, 5.41) is 10.1. The van der Waals surface area contributed by atoms with Crippen LogP contribution in [0.2, 0.25) is 0 Å². The lowest BCUT2D eigenvalue weighted by atomic mass is 10.3. The van der Waals surface area contributed by atoms with E-state index in [-0.39, 0.29) is 11.0 Å². The number of likely N-dealkylation sites (N-methyl/N-ethyl adjacent to an activating group) is 1. The molecule has 0 aromatic carbocycles. The molecule has 0 aliphatic heterocycles. The fourth-order valence-electron chi connectivity index (χ4n) is 0.863. The van der Waals surface area contributed by atoms with Crippen LogP contribution in [-0.4, -0.2) is 29.2 Å². The van der Waals surface area contributed by atoms with E-state index < -0.39 is 17.2 Å². The molecule has 0 aliphatic carbocycles. The Morgan fingerprint density at radius 3 is 2.50 bits per heavy atom. The van der Waals surface area contributed by atoms with Crippen LogP contribution >= 0.6 is 11.3 Å². The quantitative estimate of drug-likeness (QED) is 0.847. The number of carbonyl (C=O) groups excluding carboxylic acids is 1. The van der Waals surface area contributed by atoms with Crippen LogP contribution < -0.4 is 10.6 Å². The molecule has 0 radical (unpaired) electrons. The molecule has 0 spiro atoms. The van der Waals surface area contributed by atoms with Gasteiger partial charge in [-0.1, -0.05) is 11.3 Å². The highest BCUT2D eigenvalue weighted by Crippen LogP contribution is 2.33. The van der Waals surface area contributed by atoms with Gasteiger partial charge in [-0.25, -0.2) is 0 Å². The topological polar surface area (TPSA) is 66.9 Å². The first-order valence-electron chi connectivity index (χ1n) is 4.23. The molecule has 1 heterocycles. The first kappa shape index (κ1) is 12.7. The molecule has 2 N–H and O–H groups in total. The van der Waals surface area contributed by atoms with Gasteiger partial charge >= 0.3 is 6.18 Å². The van der Waals surface area contributed by atoms with Crippen molar-refractivity contribution in [1.82, 2.24) is 15.5 Å². The van der Waals surface area contributed by atoms with E-state index in [0.717, 1.165) is 0 Å². The number of halogens is 3. The maximum absolute atomic E-state index is 12.2. The first-order valence-corrected chi connectivity index (χ1v) is 5.05. The third kappa shape index (κ3) is 3.05. The number of nitrogens with one attached hydrogen (secondary N) is 2. The molecule has 1 rings (SSSR count). The van der Waals surface area contributed by atoms with Gasteiger partial charge in [0.25, 0.3) is 0 Å². The molecule has 0 fully saturated rings.